The number of carbonyl (C=O) groups is 1. The van der Waals surface area contributed by atoms with Gasteiger partial charge in [0.15, 0.2) is 0 Å². The fourth-order valence-electron chi connectivity index (χ4n) is 2.60. The van der Waals surface area contributed by atoms with Crippen LogP contribution in [0, 0.1) is 0 Å². The smallest absolute Gasteiger partial charge is 0.144 e. The number of para-hydroxylation sites is 1. The second-order valence-corrected chi connectivity index (χ2v) is 4.86. The molecule has 0 bridgehead atoms. The molecule has 1 aliphatic rings. The van der Waals surface area contributed by atoms with E-state index in [9.17, 15) is 4.79 Å². The van der Waals surface area contributed by atoms with Gasteiger partial charge in [0.1, 0.15) is 11.5 Å². The van der Waals surface area contributed by atoms with Crippen molar-refractivity contribution >= 4 is 5.78 Å². The van der Waals surface area contributed by atoms with Crippen LogP contribution in [0.15, 0.2) is 54.6 Å². The maximum atomic E-state index is 12.5. The van der Waals surface area contributed by atoms with Crippen molar-refractivity contribution in [2.24, 2.45) is 0 Å². The standard InChI is InChI=1S/C17H16O2/c18-16(12-13-6-2-1-3-7-13)14-10-11-19-17-9-5-4-8-15(14)17/h1-9,14H,10-12H2. The van der Waals surface area contributed by atoms with E-state index in [2.05, 4.69) is 0 Å². The minimum absolute atomic E-state index is 0.0230. The number of fused-ring (bicyclic) bond motifs is 1. The van der Waals surface area contributed by atoms with Crippen LogP contribution < -0.4 is 4.74 Å². The third-order valence-electron chi connectivity index (χ3n) is 3.57. The van der Waals surface area contributed by atoms with E-state index in [-0.39, 0.29) is 11.7 Å². The van der Waals surface area contributed by atoms with Gasteiger partial charge in [0.2, 0.25) is 0 Å². The Balaban J connectivity index is 1.82. The normalized spacial score (nSPS) is 17.4. The highest BCUT2D eigenvalue weighted by Gasteiger charge is 2.26. The Labute approximate surface area is 113 Å². The summed E-state index contributed by atoms with van der Waals surface area (Å²) in [6.07, 6.45) is 1.28. The Morgan fingerprint density at radius 3 is 2.63 bits per heavy atom. The second-order valence-electron chi connectivity index (χ2n) is 4.86. The number of carbonyl (C=O) groups excluding carboxylic acids is 1. The molecule has 1 aliphatic heterocycles. The molecule has 0 saturated heterocycles. The van der Waals surface area contributed by atoms with Gasteiger partial charge in [-0.05, 0) is 18.1 Å². The molecule has 0 fully saturated rings. The van der Waals surface area contributed by atoms with Gasteiger partial charge in [-0.2, -0.15) is 0 Å². The molecule has 0 N–H and O–H groups in total. The number of benzene rings is 2. The predicted octanol–water partition coefficient (Wildman–Crippen LogP) is 3.36. The Kier molecular flexibility index (Phi) is 3.32. The summed E-state index contributed by atoms with van der Waals surface area (Å²) in [5.41, 5.74) is 2.12. The molecule has 0 radical (unpaired) electrons. The van der Waals surface area contributed by atoms with Crippen molar-refractivity contribution in [3.63, 3.8) is 0 Å². The zero-order valence-corrected chi connectivity index (χ0v) is 10.7. The van der Waals surface area contributed by atoms with E-state index in [4.69, 9.17) is 4.74 Å². The topological polar surface area (TPSA) is 26.3 Å². The summed E-state index contributed by atoms with van der Waals surface area (Å²) in [6, 6.07) is 17.8. The molecule has 96 valence electrons. The maximum Gasteiger partial charge on any atom is 0.144 e. The highest BCUT2D eigenvalue weighted by atomic mass is 16.5. The van der Waals surface area contributed by atoms with Gasteiger partial charge in [-0.25, -0.2) is 0 Å². The van der Waals surface area contributed by atoms with Crippen LogP contribution in [-0.4, -0.2) is 12.4 Å². The van der Waals surface area contributed by atoms with E-state index < -0.39 is 0 Å². The van der Waals surface area contributed by atoms with Crippen molar-refractivity contribution in [1.82, 2.24) is 0 Å². The summed E-state index contributed by atoms with van der Waals surface area (Å²) in [5, 5.41) is 0. The van der Waals surface area contributed by atoms with Gasteiger partial charge >= 0.3 is 0 Å². The lowest BCUT2D eigenvalue weighted by Gasteiger charge is -2.24. The molecule has 2 heteroatoms. The van der Waals surface area contributed by atoms with Crippen LogP contribution in [0.1, 0.15) is 23.5 Å². The first-order chi connectivity index (χ1) is 9.34. The summed E-state index contributed by atoms with van der Waals surface area (Å²) < 4.78 is 5.60. The fraction of sp³-hybridized carbons (Fsp3) is 0.235. The molecule has 2 aromatic carbocycles. The third kappa shape index (κ3) is 2.53. The molecule has 1 unspecified atom stereocenters. The summed E-state index contributed by atoms with van der Waals surface area (Å²) >= 11 is 0. The molecule has 3 rings (SSSR count). The number of Topliss-reactive ketones (excluding diaryl/α,β-unsaturated/α-hetero) is 1. The lowest BCUT2D eigenvalue weighted by molar-refractivity contribution is -0.120. The SMILES string of the molecule is O=C(Cc1ccccc1)C1CCOc2ccccc21. The highest BCUT2D eigenvalue weighted by Crippen LogP contribution is 2.34. The Hall–Kier alpha value is -2.09. The maximum absolute atomic E-state index is 12.5. The lowest BCUT2D eigenvalue weighted by Crippen LogP contribution is -2.22. The zero-order valence-electron chi connectivity index (χ0n) is 10.7. The molecule has 0 spiro atoms. The van der Waals surface area contributed by atoms with Crippen LogP contribution in [0.4, 0.5) is 0 Å². The number of ketones is 1. The van der Waals surface area contributed by atoms with Crippen LogP contribution in [0.2, 0.25) is 0 Å². The molecule has 0 aromatic heterocycles. The summed E-state index contributed by atoms with van der Waals surface area (Å²) in [5.74, 6) is 1.12. The molecule has 0 aliphatic carbocycles. The van der Waals surface area contributed by atoms with E-state index in [1.165, 1.54) is 0 Å². The average molecular weight is 252 g/mol. The molecule has 1 heterocycles. The Bertz CT molecular complexity index is 575. The molecule has 0 saturated carbocycles. The second kappa shape index (κ2) is 5.27. The molecular formula is C17H16O2. The van der Waals surface area contributed by atoms with Gasteiger partial charge in [0.25, 0.3) is 0 Å². The summed E-state index contributed by atoms with van der Waals surface area (Å²) in [4.78, 5) is 12.5. The predicted molar refractivity (Wildman–Crippen MR) is 74.4 cm³/mol. The van der Waals surface area contributed by atoms with Crippen LogP contribution in [-0.2, 0) is 11.2 Å². The van der Waals surface area contributed by atoms with E-state index in [1.54, 1.807) is 0 Å². The van der Waals surface area contributed by atoms with Gasteiger partial charge in [-0.15, -0.1) is 0 Å². The van der Waals surface area contributed by atoms with Crippen LogP contribution in [0.3, 0.4) is 0 Å². The molecule has 2 nitrogen and oxygen atoms in total. The minimum Gasteiger partial charge on any atom is -0.493 e. The number of rotatable bonds is 3. The van der Waals surface area contributed by atoms with Crippen LogP contribution in [0.5, 0.6) is 5.75 Å². The molecule has 0 amide bonds. The fourth-order valence-corrected chi connectivity index (χ4v) is 2.60. The first-order valence-corrected chi connectivity index (χ1v) is 6.63. The van der Waals surface area contributed by atoms with Gasteiger partial charge in [-0.1, -0.05) is 48.5 Å². The summed E-state index contributed by atoms with van der Waals surface area (Å²) in [6.45, 7) is 0.627. The van der Waals surface area contributed by atoms with E-state index in [0.29, 0.717) is 13.0 Å². The Morgan fingerprint density at radius 2 is 1.79 bits per heavy atom. The van der Waals surface area contributed by atoms with E-state index in [0.717, 1.165) is 23.3 Å². The largest absolute Gasteiger partial charge is 0.493 e. The zero-order chi connectivity index (χ0) is 13.1. The lowest BCUT2D eigenvalue weighted by atomic mass is 9.87. The molecular weight excluding hydrogens is 236 g/mol. The highest BCUT2D eigenvalue weighted by molar-refractivity contribution is 5.88. The molecule has 2 aromatic rings. The van der Waals surface area contributed by atoms with Crippen molar-refractivity contribution in [2.45, 2.75) is 18.8 Å². The van der Waals surface area contributed by atoms with Crippen molar-refractivity contribution in [2.75, 3.05) is 6.61 Å². The quantitative estimate of drug-likeness (QED) is 0.837. The van der Waals surface area contributed by atoms with Crippen molar-refractivity contribution in [3.05, 3.63) is 65.7 Å². The first-order valence-electron chi connectivity index (χ1n) is 6.63. The third-order valence-corrected chi connectivity index (χ3v) is 3.57. The first kappa shape index (κ1) is 12.0. The number of ether oxygens (including phenoxy) is 1. The monoisotopic (exact) mass is 252 g/mol. The van der Waals surface area contributed by atoms with Gasteiger partial charge < -0.3 is 4.74 Å². The molecule has 19 heavy (non-hydrogen) atoms. The summed E-state index contributed by atoms with van der Waals surface area (Å²) in [7, 11) is 0. The number of hydrogen-bond donors (Lipinski definition) is 0. The Morgan fingerprint density at radius 1 is 1.05 bits per heavy atom. The van der Waals surface area contributed by atoms with Crippen molar-refractivity contribution < 1.29 is 9.53 Å². The van der Waals surface area contributed by atoms with E-state index >= 15 is 0 Å². The molecule has 1 atom stereocenters. The van der Waals surface area contributed by atoms with Crippen molar-refractivity contribution in [3.8, 4) is 5.75 Å². The van der Waals surface area contributed by atoms with Crippen LogP contribution in [0.25, 0.3) is 0 Å². The van der Waals surface area contributed by atoms with Gasteiger partial charge in [0.05, 0.1) is 6.61 Å². The minimum atomic E-state index is -0.0230. The average Bonchev–Trinajstić information content (AvgIpc) is 2.47. The van der Waals surface area contributed by atoms with Gasteiger partial charge in [0, 0.05) is 17.9 Å². The van der Waals surface area contributed by atoms with E-state index in [1.807, 2.05) is 54.6 Å². The van der Waals surface area contributed by atoms with Crippen LogP contribution >= 0.6 is 0 Å². The van der Waals surface area contributed by atoms with Gasteiger partial charge in [-0.3, -0.25) is 4.79 Å². The number of hydrogen-bond acceptors (Lipinski definition) is 2. The van der Waals surface area contributed by atoms with Crippen molar-refractivity contribution in [1.29, 1.82) is 0 Å².